The zero-order chi connectivity index (χ0) is 10.3. The van der Waals surface area contributed by atoms with E-state index in [9.17, 15) is 4.79 Å². The van der Waals surface area contributed by atoms with Gasteiger partial charge in [0.1, 0.15) is 5.78 Å². The SMILES string of the molecule is O=C1CC(Cc2cccc3c2OCO3)C1. The lowest BCUT2D eigenvalue weighted by molar-refractivity contribution is -0.126. The van der Waals surface area contributed by atoms with E-state index < -0.39 is 0 Å². The van der Waals surface area contributed by atoms with E-state index in [4.69, 9.17) is 9.47 Å². The number of para-hydroxylation sites is 1. The van der Waals surface area contributed by atoms with E-state index >= 15 is 0 Å². The second-order valence-corrected chi connectivity index (χ2v) is 4.17. The fraction of sp³-hybridized carbons (Fsp3) is 0.417. The Hall–Kier alpha value is -1.51. The third kappa shape index (κ3) is 1.48. The summed E-state index contributed by atoms with van der Waals surface area (Å²) < 4.78 is 10.7. The number of carbonyl (C=O) groups is 1. The summed E-state index contributed by atoms with van der Waals surface area (Å²) in [5.74, 6) is 2.59. The maximum absolute atomic E-state index is 10.9. The summed E-state index contributed by atoms with van der Waals surface area (Å²) in [6.45, 7) is 0.315. The maximum Gasteiger partial charge on any atom is 0.231 e. The predicted octanol–water partition coefficient (Wildman–Crippen LogP) is 1.94. The molecule has 1 aromatic rings. The lowest BCUT2D eigenvalue weighted by Crippen LogP contribution is -2.25. The Bertz CT molecular complexity index is 403. The highest BCUT2D eigenvalue weighted by Crippen LogP contribution is 2.38. The van der Waals surface area contributed by atoms with Gasteiger partial charge in [0.05, 0.1) is 0 Å². The second-order valence-electron chi connectivity index (χ2n) is 4.17. The summed E-state index contributed by atoms with van der Waals surface area (Å²) in [6, 6.07) is 5.94. The molecule has 3 heteroatoms. The molecule has 3 nitrogen and oxygen atoms in total. The number of rotatable bonds is 2. The van der Waals surface area contributed by atoms with E-state index in [2.05, 4.69) is 6.07 Å². The molecular formula is C12H12O3. The third-order valence-electron chi connectivity index (χ3n) is 3.02. The number of benzene rings is 1. The summed E-state index contributed by atoms with van der Waals surface area (Å²) in [4.78, 5) is 10.9. The first kappa shape index (κ1) is 8.77. The van der Waals surface area contributed by atoms with Gasteiger partial charge in [-0.3, -0.25) is 4.79 Å². The van der Waals surface area contributed by atoms with Gasteiger partial charge in [0.15, 0.2) is 11.5 Å². The Kier molecular flexibility index (Phi) is 1.91. The smallest absolute Gasteiger partial charge is 0.231 e. The zero-order valence-corrected chi connectivity index (χ0v) is 8.36. The van der Waals surface area contributed by atoms with E-state index in [-0.39, 0.29) is 0 Å². The molecule has 0 saturated heterocycles. The van der Waals surface area contributed by atoms with Crippen molar-refractivity contribution in [2.24, 2.45) is 5.92 Å². The van der Waals surface area contributed by atoms with Crippen LogP contribution in [0.2, 0.25) is 0 Å². The first-order chi connectivity index (χ1) is 7.33. The van der Waals surface area contributed by atoms with Gasteiger partial charge in [0.25, 0.3) is 0 Å². The Morgan fingerprint density at radius 3 is 2.93 bits per heavy atom. The summed E-state index contributed by atoms with van der Waals surface area (Å²) >= 11 is 0. The molecular weight excluding hydrogens is 192 g/mol. The molecule has 0 atom stereocenters. The van der Waals surface area contributed by atoms with Crippen molar-refractivity contribution in [1.82, 2.24) is 0 Å². The molecule has 0 unspecified atom stereocenters. The van der Waals surface area contributed by atoms with Crippen LogP contribution in [-0.4, -0.2) is 12.6 Å². The van der Waals surface area contributed by atoms with Crippen molar-refractivity contribution in [1.29, 1.82) is 0 Å². The van der Waals surface area contributed by atoms with Gasteiger partial charge >= 0.3 is 0 Å². The number of carbonyl (C=O) groups excluding carboxylic acids is 1. The van der Waals surface area contributed by atoms with Crippen LogP contribution in [0.4, 0.5) is 0 Å². The minimum atomic E-state index is 0.315. The first-order valence-electron chi connectivity index (χ1n) is 5.22. The summed E-state index contributed by atoms with van der Waals surface area (Å²) in [5.41, 5.74) is 1.17. The average Bonchev–Trinajstić information content (AvgIpc) is 2.64. The van der Waals surface area contributed by atoms with Crippen molar-refractivity contribution in [2.75, 3.05) is 6.79 Å². The van der Waals surface area contributed by atoms with Crippen LogP contribution in [0.25, 0.3) is 0 Å². The Morgan fingerprint density at radius 2 is 2.13 bits per heavy atom. The Morgan fingerprint density at radius 1 is 1.27 bits per heavy atom. The Labute approximate surface area is 88.0 Å². The number of Topliss-reactive ketones (excluding diaryl/α,β-unsaturated/α-hetero) is 1. The van der Waals surface area contributed by atoms with E-state index in [1.807, 2.05) is 12.1 Å². The van der Waals surface area contributed by atoms with Crippen molar-refractivity contribution in [3.63, 3.8) is 0 Å². The molecule has 1 heterocycles. The minimum absolute atomic E-state index is 0.315. The second kappa shape index (κ2) is 3.26. The van der Waals surface area contributed by atoms with Gasteiger partial charge in [-0.2, -0.15) is 0 Å². The molecule has 1 aromatic carbocycles. The van der Waals surface area contributed by atoms with Gasteiger partial charge < -0.3 is 9.47 Å². The van der Waals surface area contributed by atoms with Gasteiger partial charge in [-0.25, -0.2) is 0 Å². The van der Waals surface area contributed by atoms with Crippen LogP contribution < -0.4 is 9.47 Å². The number of ether oxygens (including phenoxy) is 2. The monoisotopic (exact) mass is 204 g/mol. The largest absolute Gasteiger partial charge is 0.454 e. The molecule has 0 amide bonds. The molecule has 1 aliphatic carbocycles. The van der Waals surface area contributed by atoms with Crippen molar-refractivity contribution in [3.05, 3.63) is 23.8 Å². The van der Waals surface area contributed by atoms with Crippen LogP contribution >= 0.6 is 0 Å². The first-order valence-corrected chi connectivity index (χ1v) is 5.22. The van der Waals surface area contributed by atoms with Gasteiger partial charge in [-0.05, 0) is 24.0 Å². The highest BCUT2D eigenvalue weighted by Gasteiger charge is 2.28. The molecule has 0 N–H and O–H groups in total. The van der Waals surface area contributed by atoms with Gasteiger partial charge in [0, 0.05) is 12.8 Å². The summed E-state index contributed by atoms with van der Waals surface area (Å²) in [7, 11) is 0. The molecule has 15 heavy (non-hydrogen) atoms. The highest BCUT2D eigenvalue weighted by atomic mass is 16.7. The quantitative estimate of drug-likeness (QED) is 0.738. The van der Waals surface area contributed by atoms with Crippen LogP contribution in [0.5, 0.6) is 11.5 Å². The molecule has 78 valence electrons. The average molecular weight is 204 g/mol. The molecule has 3 rings (SSSR count). The number of hydrogen-bond acceptors (Lipinski definition) is 3. The van der Waals surface area contributed by atoms with Crippen LogP contribution in [0.1, 0.15) is 18.4 Å². The lowest BCUT2D eigenvalue weighted by Gasteiger charge is -2.24. The lowest BCUT2D eigenvalue weighted by atomic mass is 9.79. The molecule has 1 aliphatic heterocycles. The standard InChI is InChI=1S/C12H12O3/c13-10-5-8(6-10)4-9-2-1-3-11-12(9)15-7-14-11/h1-3,8H,4-7H2. The minimum Gasteiger partial charge on any atom is -0.454 e. The highest BCUT2D eigenvalue weighted by molar-refractivity contribution is 5.84. The zero-order valence-electron chi connectivity index (χ0n) is 8.36. The molecule has 0 spiro atoms. The van der Waals surface area contributed by atoms with E-state index in [1.165, 1.54) is 5.56 Å². The fourth-order valence-electron chi connectivity index (χ4n) is 2.19. The number of fused-ring (bicyclic) bond motifs is 1. The van der Waals surface area contributed by atoms with Crippen LogP contribution in [0.3, 0.4) is 0 Å². The summed E-state index contributed by atoms with van der Waals surface area (Å²) in [5, 5.41) is 0. The number of ketones is 1. The normalized spacial score (nSPS) is 19.1. The maximum atomic E-state index is 10.9. The van der Waals surface area contributed by atoms with Gasteiger partial charge in [0.2, 0.25) is 6.79 Å². The molecule has 0 radical (unpaired) electrons. The van der Waals surface area contributed by atoms with E-state index in [0.717, 1.165) is 30.8 Å². The van der Waals surface area contributed by atoms with E-state index in [0.29, 0.717) is 18.5 Å². The van der Waals surface area contributed by atoms with Crippen LogP contribution in [0.15, 0.2) is 18.2 Å². The molecule has 1 fully saturated rings. The third-order valence-corrected chi connectivity index (χ3v) is 3.02. The molecule has 0 bridgehead atoms. The Balaban J connectivity index is 1.80. The van der Waals surface area contributed by atoms with Gasteiger partial charge in [-0.15, -0.1) is 0 Å². The van der Waals surface area contributed by atoms with Crippen LogP contribution in [-0.2, 0) is 11.2 Å². The molecule has 1 saturated carbocycles. The van der Waals surface area contributed by atoms with E-state index in [1.54, 1.807) is 0 Å². The van der Waals surface area contributed by atoms with Crippen molar-refractivity contribution in [2.45, 2.75) is 19.3 Å². The van der Waals surface area contributed by atoms with Crippen molar-refractivity contribution in [3.8, 4) is 11.5 Å². The fourth-order valence-corrected chi connectivity index (χ4v) is 2.19. The van der Waals surface area contributed by atoms with Crippen molar-refractivity contribution < 1.29 is 14.3 Å². The topological polar surface area (TPSA) is 35.5 Å². The number of hydrogen-bond donors (Lipinski definition) is 0. The van der Waals surface area contributed by atoms with Gasteiger partial charge in [-0.1, -0.05) is 12.1 Å². The van der Waals surface area contributed by atoms with Crippen LogP contribution in [0, 0.1) is 5.92 Å². The predicted molar refractivity (Wildman–Crippen MR) is 54.0 cm³/mol. The molecule has 0 aromatic heterocycles. The molecule has 2 aliphatic rings. The van der Waals surface area contributed by atoms with Crippen molar-refractivity contribution >= 4 is 5.78 Å². The summed E-state index contributed by atoms with van der Waals surface area (Å²) in [6.07, 6.45) is 2.38.